The average Bonchev–Trinajstić information content (AvgIpc) is 2.34. The highest BCUT2D eigenvalue weighted by molar-refractivity contribution is 6.18. The molecule has 1 aromatic rings. The molecule has 0 aliphatic heterocycles. The molecule has 0 aliphatic rings. The summed E-state index contributed by atoms with van der Waals surface area (Å²) in [6.45, 7) is 4.40. The van der Waals surface area contributed by atoms with Crippen molar-refractivity contribution < 1.29 is 9.47 Å². The van der Waals surface area contributed by atoms with Gasteiger partial charge in [-0.15, -0.1) is 11.6 Å². The van der Waals surface area contributed by atoms with E-state index in [0.717, 1.165) is 23.5 Å². The Kier molecular flexibility index (Phi) is 5.63. The summed E-state index contributed by atoms with van der Waals surface area (Å²) in [5.74, 6) is 3.25. The van der Waals surface area contributed by atoms with Gasteiger partial charge in [0.2, 0.25) is 0 Å². The lowest BCUT2D eigenvalue weighted by Crippen LogP contribution is -2.07. The van der Waals surface area contributed by atoms with E-state index < -0.39 is 0 Å². The zero-order valence-electron chi connectivity index (χ0n) is 11.0. The molecule has 0 amide bonds. The lowest BCUT2D eigenvalue weighted by Gasteiger charge is -2.20. The van der Waals surface area contributed by atoms with Crippen molar-refractivity contribution in [2.45, 2.75) is 26.2 Å². The van der Waals surface area contributed by atoms with Crippen molar-refractivity contribution in [3.8, 4) is 11.5 Å². The van der Waals surface area contributed by atoms with Gasteiger partial charge in [-0.2, -0.15) is 0 Å². The molecular weight excluding hydrogens is 236 g/mol. The number of benzene rings is 1. The van der Waals surface area contributed by atoms with E-state index in [-0.39, 0.29) is 0 Å². The fourth-order valence-corrected chi connectivity index (χ4v) is 2.29. The molecule has 0 radical (unpaired) electrons. The normalized spacial score (nSPS) is 12.6. The van der Waals surface area contributed by atoms with Crippen LogP contribution in [0.5, 0.6) is 11.5 Å². The maximum atomic E-state index is 6.07. The summed E-state index contributed by atoms with van der Waals surface area (Å²) in [5.41, 5.74) is 1.13. The maximum absolute atomic E-state index is 6.07. The van der Waals surface area contributed by atoms with Gasteiger partial charge >= 0.3 is 0 Å². The van der Waals surface area contributed by atoms with E-state index in [4.69, 9.17) is 21.1 Å². The van der Waals surface area contributed by atoms with E-state index in [9.17, 15) is 0 Å². The molecule has 0 aromatic heterocycles. The van der Waals surface area contributed by atoms with Crippen molar-refractivity contribution in [3.05, 3.63) is 23.8 Å². The fourth-order valence-electron chi connectivity index (χ4n) is 2.00. The second-order valence-electron chi connectivity index (χ2n) is 4.59. The van der Waals surface area contributed by atoms with Crippen LogP contribution in [0.15, 0.2) is 18.2 Å². The Bertz CT molecular complexity index is 350. The van der Waals surface area contributed by atoms with Gasteiger partial charge in [-0.05, 0) is 30.5 Å². The van der Waals surface area contributed by atoms with Gasteiger partial charge in [-0.25, -0.2) is 0 Å². The van der Waals surface area contributed by atoms with Crippen LogP contribution >= 0.6 is 11.6 Å². The Morgan fingerprint density at radius 3 is 2.35 bits per heavy atom. The smallest absolute Gasteiger partial charge is 0.122 e. The van der Waals surface area contributed by atoms with Crippen LogP contribution in [-0.4, -0.2) is 20.1 Å². The molecule has 0 fully saturated rings. The summed E-state index contributed by atoms with van der Waals surface area (Å²) in [5, 5.41) is 0. The van der Waals surface area contributed by atoms with Crippen molar-refractivity contribution >= 4 is 11.6 Å². The zero-order valence-corrected chi connectivity index (χ0v) is 11.8. The van der Waals surface area contributed by atoms with Crippen molar-refractivity contribution in [3.63, 3.8) is 0 Å². The fraction of sp³-hybridized carbons (Fsp3) is 0.571. The minimum Gasteiger partial charge on any atom is -0.497 e. The molecule has 0 bridgehead atoms. The third-order valence-corrected chi connectivity index (χ3v) is 3.19. The van der Waals surface area contributed by atoms with Crippen molar-refractivity contribution in [2.75, 3.05) is 20.1 Å². The van der Waals surface area contributed by atoms with Crippen LogP contribution in [-0.2, 0) is 0 Å². The predicted octanol–water partition coefficient (Wildman–Crippen LogP) is 4.07. The molecule has 1 atom stereocenters. The number of rotatable bonds is 6. The average molecular weight is 257 g/mol. The van der Waals surface area contributed by atoms with Crippen LogP contribution in [0.1, 0.15) is 31.7 Å². The largest absolute Gasteiger partial charge is 0.497 e. The molecule has 0 N–H and O–H groups in total. The lowest BCUT2D eigenvalue weighted by atomic mass is 9.91. The number of methoxy groups -OCH3 is 2. The molecule has 0 saturated carbocycles. The monoisotopic (exact) mass is 256 g/mol. The Labute approximate surface area is 109 Å². The number of ether oxygens (including phenoxy) is 2. The van der Waals surface area contributed by atoms with Crippen LogP contribution in [0, 0.1) is 5.92 Å². The molecular formula is C14H21ClO2. The standard InChI is InChI=1S/C14H21ClO2/c1-10(2)7-11(9-15)13-8-12(16-3)5-6-14(13)17-4/h5-6,8,10-11H,7,9H2,1-4H3. The highest BCUT2D eigenvalue weighted by Gasteiger charge is 2.17. The second-order valence-corrected chi connectivity index (χ2v) is 4.90. The van der Waals surface area contributed by atoms with E-state index in [1.807, 2.05) is 18.2 Å². The molecule has 1 aromatic carbocycles. The molecule has 0 spiro atoms. The third kappa shape index (κ3) is 3.81. The molecule has 96 valence electrons. The van der Waals surface area contributed by atoms with Gasteiger partial charge in [0.05, 0.1) is 14.2 Å². The van der Waals surface area contributed by atoms with Crippen molar-refractivity contribution in [1.29, 1.82) is 0 Å². The van der Waals surface area contributed by atoms with E-state index in [0.29, 0.717) is 17.7 Å². The van der Waals surface area contributed by atoms with E-state index in [2.05, 4.69) is 13.8 Å². The maximum Gasteiger partial charge on any atom is 0.122 e. The SMILES string of the molecule is COc1ccc(OC)c(C(CCl)CC(C)C)c1. The summed E-state index contributed by atoms with van der Waals surface area (Å²) in [4.78, 5) is 0. The van der Waals surface area contributed by atoms with Gasteiger partial charge < -0.3 is 9.47 Å². The summed E-state index contributed by atoms with van der Waals surface area (Å²) in [6, 6.07) is 5.87. The summed E-state index contributed by atoms with van der Waals surface area (Å²) in [6.07, 6.45) is 1.05. The molecule has 3 heteroatoms. The first kappa shape index (κ1) is 14.2. The highest BCUT2D eigenvalue weighted by Crippen LogP contribution is 2.34. The number of alkyl halides is 1. The molecule has 0 aliphatic carbocycles. The van der Waals surface area contributed by atoms with Gasteiger partial charge in [-0.1, -0.05) is 13.8 Å². The highest BCUT2D eigenvalue weighted by atomic mass is 35.5. The van der Waals surface area contributed by atoms with Crippen LogP contribution in [0.2, 0.25) is 0 Å². The topological polar surface area (TPSA) is 18.5 Å². The first-order chi connectivity index (χ1) is 8.12. The molecule has 1 unspecified atom stereocenters. The van der Waals surface area contributed by atoms with E-state index >= 15 is 0 Å². The van der Waals surface area contributed by atoms with Crippen LogP contribution in [0.3, 0.4) is 0 Å². The number of hydrogen-bond donors (Lipinski definition) is 0. The van der Waals surface area contributed by atoms with E-state index in [1.165, 1.54) is 0 Å². The third-order valence-electron chi connectivity index (χ3n) is 2.82. The van der Waals surface area contributed by atoms with Crippen LogP contribution < -0.4 is 9.47 Å². The molecule has 2 nitrogen and oxygen atoms in total. The Morgan fingerprint density at radius 2 is 1.88 bits per heavy atom. The van der Waals surface area contributed by atoms with Crippen LogP contribution in [0.4, 0.5) is 0 Å². The molecule has 17 heavy (non-hydrogen) atoms. The number of halogens is 1. The summed E-state index contributed by atoms with van der Waals surface area (Å²) >= 11 is 6.07. The zero-order chi connectivity index (χ0) is 12.8. The predicted molar refractivity (Wildman–Crippen MR) is 72.5 cm³/mol. The Hall–Kier alpha value is -0.890. The minimum absolute atomic E-state index is 0.307. The summed E-state index contributed by atoms with van der Waals surface area (Å²) in [7, 11) is 3.36. The summed E-state index contributed by atoms with van der Waals surface area (Å²) < 4.78 is 10.7. The lowest BCUT2D eigenvalue weighted by molar-refractivity contribution is 0.392. The first-order valence-electron chi connectivity index (χ1n) is 5.90. The quantitative estimate of drug-likeness (QED) is 0.715. The van der Waals surface area contributed by atoms with Crippen molar-refractivity contribution in [2.24, 2.45) is 5.92 Å². The van der Waals surface area contributed by atoms with Gasteiger partial charge in [0.15, 0.2) is 0 Å². The van der Waals surface area contributed by atoms with Gasteiger partial charge in [0, 0.05) is 17.4 Å². The first-order valence-corrected chi connectivity index (χ1v) is 6.43. The second kappa shape index (κ2) is 6.75. The van der Waals surface area contributed by atoms with Crippen LogP contribution in [0.25, 0.3) is 0 Å². The molecule has 1 rings (SSSR count). The van der Waals surface area contributed by atoms with Crippen molar-refractivity contribution in [1.82, 2.24) is 0 Å². The number of hydrogen-bond acceptors (Lipinski definition) is 2. The Morgan fingerprint density at radius 1 is 1.18 bits per heavy atom. The van der Waals surface area contributed by atoms with Gasteiger partial charge in [-0.3, -0.25) is 0 Å². The molecule has 0 heterocycles. The van der Waals surface area contributed by atoms with Gasteiger partial charge in [0.1, 0.15) is 11.5 Å². The van der Waals surface area contributed by atoms with Gasteiger partial charge in [0.25, 0.3) is 0 Å². The Balaban J connectivity index is 3.05. The molecule has 0 saturated heterocycles. The van der Waals surface area contributed by atoms with E-state index in [1.54, 1.807) is 14.2 Å². The minimum atomic E-state index is 0.307.